The van der Waals surface area contributed by atoms with Gasteiger partial charge in [0.2, 0.25) is 5.91 Å². The molecule has 1 saturated carbocycles. The Labute approximate surface area is 167 Å². The molecule has 2 aliphatic rings. The van der Waals surface area contributed by atoms with Crippen molar-refractivity contribution in [1.82, 2.24) is 10.2 Å². The van der Waals surface area contributed by atoms with E-state index < -0.39 is 0 Å². The molecule has 0 atom stereocenters. The standard InChI is InChI=1S/C22H34N2O2S/c1-3-4-5-17-7-9-18(10-8-17)22(26)24-14-12-19(13-15-24)23-21(25)20-11-6-16(2)27-20/h6,11,17-19H,3-5,7-10,12-15H2,1-2H3,(H,23,25). The summed E-state index contributed by atoms with van der Waals surface area (Å²) in [4.78, 5) is 29.2. The summed E-state index contributed by atoms with van der Waals surface area (Å²) in [5, 5.41) is 3.15. The Kier molecular flexibility index (Phi) is 7.33. The molecule has 2 heterocycles. The van der Waals surface area contributed by atoms with E-state index in [1.807, 2.05) is 19.1 Å². The minimum atomic E-state index is 0.0308. The lowest BCUT2D eigenvalue weighted by Gasteiger charge is -2.36. The van der Waals surface area contributed by atoms with Gasteiger partial charge in [-0.1, -0.05) is 26.2 Å². The smallest absolute Gasteiger partial charge is 0.261 e. The van der Waals surface area contributed by atoms with Crippen molar-refractivity contribution < 1.29 is 9.59 Å². The summed E-state index contributed by atoms with van der Waals surface area (Å²) in [6, 6.07) is 4.07. The fourth-order valence-electron chi connectivity index (χ4n) is 4.51. The maximum absolute atomic E-state index is 12.9. The van der Waals surface area contributed by atoms with Gasteiger partial charge in [-0.3, -0.25) is 9.59 Å². The number of amides is 2. The molecule has 150 valence electrons. The first kappa shape index (κ1) is 20.4. The van der Waals surface area contributed by atoms with Gasteiger partial charge in [-0.05, 0) is 63.5 Å². The number of carbonyl (C=O) groups is 2. The molecule has 3 rings (SSSR count). The second-order valence-corrected chi connectivity index (χ2v) is 9.63. The number of thiophene rings is 1. The molecule has 4 nitrogen and oxygen atoms in total. The number of aryl methyl sites for hydroxylation is 1. The molecule has 1 saturated heterocycles. The normalized spacial score (nSPS) is 24.0. The van der Waals surface area contributed by atoms with E-state index in [1.54, 1.807) is 0 Å². The molecule has 1 aliphatic heterocycles. The van der Waals surface area contributed by atoms with E-state index in [0.717, 1.165) is 54.4 Å². The molecular formula is C22H34N2O2S. The molecule has 0 bridgehead atoms. The number of nitrogens with one attached hydrogen (secondary N) is 1. The number of unbranched alkanes of at least 4 members (excludes halogenated alkanes) is 1. The molecule has 0 spiro atoms. The summed E-state index contributed by atoms with van der Waals surface area (Å²) < 4.78 is 0. The molecule has 5 heteroatoms. The molecule has 27 heavy (non-hydrogen) atoms. The molecule has 1 aromatic heterocycles. The second-order valence-electron chi connectivity index (χ2n) is 8.34. The van der Waals surface area contributed by atoms with E-state index in [-0.39, 0.29) is 17.9 Å². The number of nitrogens with zero attached hydrogens (tertiary/aromatic N) is 1. The average molecular weight is 391 g/mol. The van der Waals surface area contributed by atoms with E-state index in [0.29, 0.717) is 5.91 Å². The molecule has 2 fully saturated rings. The van der Waals surface area contributed by atoms with Gasteiger partial charge in [-0.2, -0.15) is 0 Å². The number of piperidine rings is 1. The van der Waals surface area contributed by atoms with Gasteiger partial charge >= 0.3 is 0 Å². The Morgan fingerprint density at radius 1 is 1.11 bits per heavy atom. The van der Waals surface area contributed by atoms with Crippen LogP contribution in [0.25, 0.3) is 0 Å². The maximum atomic E-state index is 12.9. The Morgan fingerprint density at radius 3 is 2.41 bits per heavy atom. The SMILES string of the molecule is CCCCC1CCC(C(=O)N2CCC(NC(=O)c3ccc(C)s3)CC2)CC1. The summed E-state index contributed by atoms with van der Waals surface area (Å²) in [7, 11) is 0. The van der Waals surface area contributed by atoms with Crippen molar-refractivity contribution in [2.45, 2.75) is 77.7 Å². The summed E-state index contributed by atoms with van der Waals surface area (Å²) >= 11 is 1.54. The number of hydrogen-bond acceptors (Lipinski definition) is 3. The van der Waals surface area contributed by atoms with Crippen molar-refractivity contribution in [1.29, 1.82) is 0 Å². The van der Waals surface area contributed by atoms with Gasteiger partial charge in [-0.25, -0.2) is 0 Å². The Balaban J connectivity index is 1.40. The molecule has 1 aliphatic carbocycles. The van der Waals surface area contributed by atoms with E-state index in [2.05, 4.69) is 17.1 Å². The predicted molar refractivity (Wildman–Crippen MR) is 111 cm³/mol. The Bertz CT molecular complexity index is 626. The number of likely N-dealkylation sites (tertiary alicyclic amines) is 1. The number of rotatable bonds is 6. The summed E-state index contributed by atoms with van der Waals surface area (Å²) in [6.07, 6.45) is 10.3. The van der Waals surface area contributed by atoms with Crippen LogP contribution < -0.4 is 5.32 Å². The van der Waals surface area contributed by atoms with Crippen LogP contribution in [0.5, 0.6) is 0 Å². The molecule has 0 radical (unpaired) electrons. The van der Waals surface area contributed by atoms with Crippen LogP contribution in [0.2, 0.25) is 0 Å². The van der Waals surface area contributed by atoms with Crippen molar-refractivity contribution in [3.05, 3.63) is 21.9 Å². The van der Waals surface area contributed by atoms with E-state index in [1.165, 1.54) is 43.4 Å². The first-order chi connectivity index (χ1) is 13.1. The van der Waals surface area contributed by atoms with E-state index >= 15 is 0 Å². The minimum Gasteiger partial charge on any atom is -0.348 e. The van der Waals surface area contributed by atoms with Crippen LogP contribution in [0.15, 0.2) is 12.1 Å². The Hall–Kier alpha value is -1.36. The minimum absolute atomic E-state index is 0.0308. The first-order valence-electron chi connectivity index (χ1n) is 10.7. The highest BCUT2D eigenvalue weighted by atomic mass is 32.1. The zero-order valence-corrected chi connectivity index (χ0v) is 17.7. The average Bonchev–Trinajstić information content (AvgIpc) is 3.13. The molecule has 2 amide bonds. The highest BCUT2D eigenvalue weighted by Gasteiger charge is 2.31. The zero-order valence-electron chi connectivity index (χ0n) is 16.8. The highest BCUT2D eigenvalue weighted by molar-refractivity contribution is 7.13. The van der Waals surface area contributed by atoms with Crippen molar-refractivity contribution in [2.24, 2.45) is 11.8 Å². The van der Waals surface area contributed by atoms with Crippen LogP contribution >= 0.6 is 11.3 Å². The lowest BCUT2D eigenvalue weighted by Crippen LogP contribution is -2.48. The second kappa shape index (κ2) is 9.72. The van der Waals surface area contributed by atoms with Gasteiger partial charge in [0.15, 0.2) is 0 Å². The Morgan fingerprint density at radius 2 is 1.81 bits per heavy atom. The highest BCUT2D eigenvalue weighted by Crippen LogP contribution is 2.33. The number of carbonyl (C=O) groups excluding carboxylic acids is 2. The van der Waals surface area contributed by atoms with Gasteiger partial charge < -0.3 is 10.2 Å². The molecule has 0 aromatic carbocycles. The summed E-state index contributed by atoms with van der Waals surface area (Å²) in [5.74, 6) is 1.48. The molecule has 1 N–H and O–H groups in total. The van der Waals surface area contributed by atoms with Crippen LogP contribution in [-0.2, 0) is 4.79 Å². The maximum Gasteiger partial charge on any atom is 0.261 e. The topological polar surface area (TPSA) is 49.4 Å². The van der Waals surface area contributed by atoms with Gasteiger partial charge in [0.1, 0.15) is 0 Å². The largest absolute Gasteiger partial charge is 0.348 e. The van der Waals surface area contributed by atoms with Crippen molar-refractivity contribution in [3.8, 4) is 0 Å². The quantitative estimate of drug-likeness (QED) is 0.760. The van der Waals surface area contributed by atoms with Gasteiger partial charge in [0.25, 0.3) is 5.91 Å². The van der Waals surface area contributed by atoms with Crippen LogP contribution in [0.1, 0.15) is 79.3 Å². The lowest BCUT2D eigenvalue weighted by atomic mass is 9.79. The fraction of sp³-hybridized carbons (Fsp3) is 0.727. The number of hydrogen-bond donors (Lipinski definition) is 1. The third kappa shape index (κ3) is 5.56. The first-order valence-corrected chi connectivity index (χ1v) is 11.5. The fourth-order valence-corrected chi connectivity index (χ4v) is 5.28. The van der Waals surface area contributed by atoms with Crippen molar-refractivity contribution >= 4 is 23.2 Å². The summed E-state index contributed by atoms with van der Waals surface area (Å²) in [6.45, 7) is 5.83. The van der Waals surface area contributed by atoms with Crippen LogP contribution in [0.4, 0.5) is 0 Å². The molecule has 1 aromatic rings. The van der Waals surface area contributed by atoms with Gasteiger partial charge in [0, 0.05) is 29.9 Å². The van der Waals surface area contributed by atoms with Crippen LogP contribution in [-0.4, -0.2) is 35.8 Å². The molecule has 0 unspecified atom stereocenters. The van der Waals surface area contributed by atoms with Gasteiger partial charge in [0.05, 0.1) is 4.88 Å². The van der Waals surface area contributed by atoms with E-state index in [9.17, 15) is 9.59 Å². The molecular weight excluding hydrogens is 356 g/mol. The van der Waals surface area contributed by atoms with Crippen molar-refractivity contribution in [2.75, 3.05) is 13.1 Å². The van der Waals surface area contributed by atoms with Crippen LogP contribution in [0, 0.1) is 18.8 Å². The van der Waals surface area contributed by atoms with Crippen molar-refractivity contribution in [3.63, 3.8) is 0 Å². The zero-order chi connectivity index (χ0) is 19.2. The third-order valence-corrected chi connectivity index (χ3v) is 7.27. The monoisotopic (exact) mass is 390 g/mol. The summed E-state index contributed by atoms with van der Waals surface area (Å²) in [5.41, 5.74) is 0. The third-order valence-electron chi connectivity index (χ3n) is 6.27. The van der Waals surface area contributed by atoms with E-state index in [4.69, 9.17) is 0 Å². The lowest BCUT2D eigenvalue weighted by molar-refractivity contribution is -0.138. The van der Waals surface area contributed by atoms with Crippen LogP contribution in [0.3, 0.4) is 0 Å². The predicted octanol–water partition coefficient (Wildman–Crippen LogP) is 4.77. The van der Waals surface area contributed by atoms with Gasteiger partial charge in [-0.15, -0.1) is 11.3 Å².